The van der Waals surface area contributed by atoms with Gasteiger partial charge in [0, 0.05) is 0 Å². The summed E-state index contributed by atoms with van der Waals surface area (Å²) in [5.74, 6) is -0.511. The first-order valence-corrected chi connectivity index (χ1v) is 7.82. The summed E-state index contributed by atoms with van der Waals surface area (Å²) in [6.45, 7) is -0.678. The monoisotopic (exact) mass is 353 g/mol. The van der Waals surface area contributed by atoms with Gasteiger partial charge in [-0.15, -0.1) is 0 Å². The van der Waals surface area contributed by atoms with Gasteiger partial charge in [0.25, 0.3) is 0 Å². The Bertz CT molecular complexity index is 674. The van der Waals surface area contributed by atoms with Gasteiger partial charge in [-0.25, -0.2) is 4.57 Å². The van der Waals surface area contributed by atoms with Crippen LogP contribution in [0.25, 0.3) is 0 Å². The molecule has 1 aliphatic heterocycles. The molecular weight excluding hydrogens is 337 g/mol. The number of aromatic nitrogens is 2. The number of nitrogens with two attached hydrogens (primary N) is 1. The Morgan fingerprint density at radius 3 is 2.70 bits per heavy atom. The maximum atomic E-state index is 11.5. The molecule has 4 atom stereocenters. The number of ether oxygens (including phenoxy) is 2. The molecule has 2 heterocycles. The zero-order valence-electron chi connectivity index (χ0n) is 11.8. The Morgan fingerprint density at radius 1 is 1.52 bits per heavy atom. The van der Waals surface area contributed by atoms with Gasteiger partial charge in [-0.05, 0) is 0 Å². The second-order valence-corrected chi connectivity index (χ2v) is 5.87. The normalized spacial score (nSPS) is 28.0. The molecule has 0 bridgehead atoms. The summed E-state index contributed by atoms with van der Waals surface area (Å²) in [5.41, 5.74) is 4.85. The van der Waals surface area contributed by atoms with Crippen LogP contribution in [0.2, 0.25) is 0 Å². The second-order valence-electron chi connectivity index (χ2n) is 4.68. The van der Waals surface area contributed by atoms with Gasteiger partial charge >= 0.3 is 13.4 Å². The molecule has 1 aliphatic rings. The fourth-order valence-corrected chi connectivity index (χ4v) is 2.77. The third kappa shape index (κ3) is 3.70. The number of hydrogen-bond acceptors (Lipinski definition) is 9. The van der Waals surface area contributed by atoms with Gasteiger partial charge in [0.1, 0.15) is 18.3 Å². The lowest BCUT2D eigenvalue weighted by atomic mass is 10.1. The number of methoxy groups -OCH3 is 1. The molecule has 0 saturated carbocycles. The Labute approximate surface area is 129 Å². The summed E-state index contributed by atoms with van der Waals surface area (Å²) in [7, 11) is -3.71. The van der Waals surface area contributed by atoms with E-state index in [0.717, 1.165) is 10.8 Å². The van der Waals surface area contributed by atoms with E-state index in [2.05, 4.69) is 9.51 Å². The minimum atomic E-state index is -4.94. The molecule has 12 nitrogen and oxygen atoms in total. The fraction of sp³-hybridized carbons (Fsp3) is 0.600. The van der Waals surface area contributed by atoms with Gasteiger partial charge in [-0.1, -0.05) is 0 Å². The minimum absolute atomic E-state index is 0.185. The second kappa shape index (κ2) is 6.53. The summed E-state index contributed by atoms with van der Waals surface area (Å²) in [6, 6.07) is 0. The number of aliphatic hydroxyl groups excluding tert-OH is 2. The molecule has 0 unspecified atom stereocenters. The molecule has 130 valence electrons. The number of anilines is 1. The maximum absolute atomic E-state index is 11.5. The average molecular weight is 353 g/mol. The van der Waals surface area contributed by atoms with Gasteiger partial charge in [0.05, 0.1) is 19.9 Å². The van der Waals surface area contributed by atoms with E-state index in [4.69, 9.17) is 25.0 Å². The third-order valence-electron chi connectivity index (χ3n) is 3.19. The molecule has 1 saturated heterocycles. The number of nitrogens with zero attached hydrogens (tertiary/aromatic N) is 2. The number of rotatable bonds is 5. The molecule has 1 aromatic rings. The van der Waals surface area contributed by atoms with Crippen LogP contribution in [-0.4, -0.2) is 61.6 Å². The van der Waals surface area contributed by atoms with E-state index in [1.807, 2.05) is 0 Å². The van der Waals surface area contributed by atoms with Crippen LogP contribution in [0.3, 0.4) is 0 Å². The Hall–Kier alpha value is -1.53. The first kappa shape index (κ1) is 17.8. The first-order chi connectivity index (χ1) is 10.7. The topological polar surface area (TPSA) is 187 Å². The highest BCUT2D eigenvalue weighted by atomic mass is 31.2. The number of phosphoric acid groups is 1. The molecule has 1 aromatic heterocycles. The summed E-state index contributed by atoms with van der Waals surface area (Å²) >= 11 is 0. The van der Waals surface area contributed by atoms with Crippen LogP contribution < -0.4 is 16.0 Å². The van der Waals surface area contributed by atoms with Crippen molar-refractivity contribution in [2.45, 2.75) is 24.5 Å². The van der Waals surface area contributed by atoms with Crippen molar-refractivity contribution in [2.24, 2.45) is 0 Å². The number of nitrogen functional groups attached to an aromatic ring is 1. The molecule has 2 rings (SSSR count). The van der Waals surface area contributed by atoms with Crippen molar-refractivity contribution in [2.75, 3.05) is 19.5 Å². The molecule has 0 spiro atoms. The van der Waals surface area contributed by atoms with Gasteiger partial charge in [0.15, 0.2) is 6.23 Å². The third-order valence-corrected chi connectivity index (χ3v) is 3.71. The van der Waals surface area contributed by atoms with E-state index in [1.54, 1.807) is 0 Å². The highest BCUT2D eigenvalue weighted by molar-refractivity contribution is 7.46. The van der Waals surface area contributed by atoms with Gasteiger partial charge in [0.2, 0.25) is 11.7 Å². The quantitative estimate of drug-likeness (QED) is 0.354. The lowest BCUT2D eigenvalue weighted by Crippen LogP contribution is -2.35. The van der Waals surface area contributed by atoms with E-state index >= 15 is 0 Å². The van der Waals surface area contributed by atoms with Crippen molar-refractivity contribution in [1.82, 2.24) is 9.55 Å². The smallest absolute Gasteiger partial charge is 0.470 e. The van der Waals surface area contributed by atoms with Gasteiger partial charge in [-0.3, -0.25) is 13.9 Å². The first-order valence-electron chi connectivity index (χ1n) is 6.29. The van der Waals surface area contributed by atoms with Crippen molar-refractivity contribution >= 4 is 13.8 Å². The van der Waals surface area contributed by atoms with Crippen LogP contribution >= 0.6 is 7.82 Å². The highest BCUT2D eigenvalue weighted by Crippen LogP contribution is 2.44. The molecule has 0 aromatic carbocycles. The van der Waals surface area contributed by atoms with E-state index in [-0.39, 0.29) is 11.7 Å². The zero-order chi connectivity index (χ0) is 17.4. The molecule has 13 heteroatoms. The number of phosphoric ester groups is 1. The predicted octanol–water partition coefficient (Wildman–Crippen LogP) is -2.44. The summed E-state index contributed by atoms with van der Waals surface area (Å²) in [5, 5.41) is 19.4. The molecule has 23 heavy (non-hydrogen) atoms. The molecular formula is C10H16N3O9P. The average Bonchev–Trinajstić information content (AvgIpc) is 2.74. The van der Waals surface area contributed by atoms with E-state index < -0.39 is 44.5 Å². The lowest BCUT2D eigenvalue weighted by molar-refractivity contribution is -0.0523. The Kier molecular flexibility index (Phi) is 5.06. The van der Waals surface area contributed by atoms with Crippen LogP contribution in [0.1, 0.15) is 6.23 Å². The molecule has 0 amide bonds. The van der Waals surface area contributed by atoms with Crippen molar-refractivity contribution < 1.29 is 38.6 Å². The standard InChI is InChI=1S/C10H16N3O9P/c1-20-4-2-13(10(11)12-8(4)16)9-6(15)7(5(3-14)21-9)22-23(17,18)19/h2,5-7,9,14-15H,3H2,1H3,(H2,11,12,16)(H2,17,18,19)/t5-,6-,7-,9-/m1/s1. The molecule has 6 N–H and O–H groups in total. The van der Waals surface area contributed by atoms with Crippen LogP contribution in [0.4, 0.5) is 5.95 Å². The van der Waals surface area contributed by atoms with Crippen LogP contribution in [0, 0.1) is 0 Å². The van der Waals surface area contributed by atoms with Gasteiger partial charge in [-0.2, -0.15) is 4.98 Å². The maximum Gasteiger partial charge on any atom is 0.470 e. The summed E-state index contributed by atoms with van der Waals surface area (Å²) in [4.78, 5) is 32.7. The number of aliphatic hydroxyl groups is 2. The van der Waals surface area contributed by atoms with E-state index in [1.165, 1.54) is 7.11 Å². The van der Waals surface area contributed by atoms with Crippen molar-refractivity contribution in [3.63, 3.8) is 0 Å². The predicted molar refractivity (Wildman–Crippen MR) is 73.4 cm³/mol. The van der Waals surface area contributed by atoms with Crippen molar-refractivity contribution in [3.05, 3.63) is 16.6 Å². The minimum Gasteiger partial charge on any atom is -0.490 e. The van der Waals surface area contributed by atoms with Crippen LogP contribution in [-0.2, 0) is 13.8 Å². The summed E-state index contributed by atoms with van der Waals surface area (Å²) in [6.07, 6.45) is -4.53. The SMILES string of the molecule is COc1cn([C@@H]2O[C@H](CO)[C@@H](OP(=O)(O)O)[C@H]2O)c(N)nc1=O. The van der Waals surface area contributed by atoms with E-state index in [0.29, 0.717) is 0 Å². The van der Waals surface area contributed by atoms with Crippen molar-refractivity contribution in [1.29, 1.82) is 0 Å². The lowest BCUT2D eigenvalue weighted by Gasteiger charge is -2.21. The van der Waals surface area contributed by atoms with Crippen molar-refractivity contribution in [3.8, 4) is 5.75 Å². The van der Waals surface area contributed by atoms with Gasteiger partial charge < -0.3 is 35.2 Å². The highest BCUT2D eigenvalue weighted by Gasteiger charge is 2.48. The van der Waals surface area contributed by atoms with E-state index in [9.17, 15) is 19.6 Å². The van der Waals surface area contributed by atoms with Crippen LogP contribution in [0.15, 0.2) is 11.0 Å². The number of hydrogen-bond donors (Lipinski definition) is 5. The molecule has 0 radical (unpaired) electrons. The molecule has 1 fully saturated rings. The summed E-state index contributed by atoms with van der Waals surface area (Å²) < 4.78 is 26.6. The fourth-order valence-electron chi connectivity index (χ4n) is 2.19. The van der Waals surface area contributed by atoms with Crippen LogP contribution in [0.5, 0.6) is 5.75 Å². The Balaban J connectivity index is 2.38. The molecule has 0 aliphatic carbocycles. The largest absolute Gasteiger partial charge is 0.490 e. The zero-order valence-corrected chi connectivity index (χ0v) is 12.7. The Morgan fingerprint density at radius 2 is 2.17 bits per heavy atom.